The van der Waals surface area contributed by atoms with Crippen LogP contribution in [-0.4, -0.2) is 29.2 Å². The van der Waals surface area contributed by atoms with Crippen LogP contribution in [0.4, 0.5) is 0 Å². The smallest absolute Gasteiger partial charge is 0.233 e. The summed E-state index contributed by atoms with van der Waals surface area (Å²) in [7, 11) is 0. The molecule has 0 aromatic rings. The third-order valence-corrected chi connectivity index (χ3v) is 2.10. The number of hydrogen-bond acceptors (Lipinski definition) is 2. The highest BCUT2D eigenvalue weighted by Crippen LogP contribution is 2.02. The second-order valence-corrected chi connectivity index (χ2v) is 4.20. The van der Waals surface area contributed by atoms with Gasteiger partial charge in [0.05, 0.1) is 10.9 Å². The Balaban J connectivity index is 2.32. The van der Waals surface area contributed by atoms with Gasteiger partial charge < -0.3 is 10.6 Å². The molecule has 1 heterocycles. The van der Waals surface area contributed by atoms with Crippen molar-refractivity contribution in [2.24, 2.45) is 0 Å². The van der Waals surface area contributed by atoms with Gasteiger partial charge in [-0.05, 0) is 6.92 Å². The lowest BCUT2D eigenvalue weighted by atomic mass is 10.2. The van der Waals surface area contributed by atoms with E-state index in [1.54, 1.807) is 6.92 Å². The van der Waals surface area contributed by atoms with Gasteiger partial charge in [0.25, 0.3) is 0 Å². The van der Waals surface area contributed by atoms with Crippen molar-refractivity contribution in [2.75, 3.05) is 6.54 Å². The number of carbonyl (C=O) groups excluding carboxylic acids is 2. The van der Waals surface area contributed by atoms with Crippen LogP contribution in [0.2, 0.25) is 0 Å². The first-order valence-corrected chi connectivity index (χ1v) is 4.72. The normalized spacial score (nSPS) is 24.8. The summed E-state index contributed by atoms with van der Waals surface area (Å²) >= 11 is 3.14. The van der Waals surface area contributed by atoms with E-state index in [9.17, 15) is 9.59 Å². The van der Waals surface area contributed by atoms with E-state index < -0.39 is 0 Å². The van der Waals surface area contributed by atoms with E-state index in [0.717, 1.165) is 0 Å². The van der Waals surface area contributed by atoms with Crippen molar-refractivity contribution in [2.45, 2.75) is 24.2 Å². The second-order valence-electron chi connectivity index (χ2n) is 2.83. The van der Waals surface area contributed by atoms with Crippen molar-refractivity contribution in [3.63, 3.8) is 0 Å². The van der Waals surface area contributed by atoms with Crippen molar-refractivity contribution in [1.82, 2.24) is 10.6 Å². The van der Waals surface area contributed by atoms with Crippen LogP contribution in [-0.2, 0) is 9.59 Å². The Morgan fingerprint density at radius 2 is 2.50 bits per heavy atom. The fourth-order valence-corrected chi connectivity index (χ4v) is 1.16. The van der Waals surface area contributed by atoms with E-state index in [1.807, 2.05) is 0 Å². The molecular formula is C7H11BrN2O2. The number of hydrogen-bond donors (Lipinski definition) is 2. The minimum absolute atomic E-state index is 0.00234. The highest BCUT2D eigenvalue weighted by molar-refractivity contribution is 9.10. The molecule has 2 N–H and O–H groups in total. The van der Waals surface area contributed by atoms with Crippen molar-refractivity contribution in [1.29, 1.82) is 0 Å². The van der Waals surface area contributed by atoms with Crippen LogP contribution in [0.15, 0.2) is 0 Å². The first kappa shape index (κ1) is 9.51. The van der Waals surface area contributed by atoms with Crippen LogP contribution in [0.1, 0.15) is 13.3 Å². The van der Waals surface area contributed by atoms with Crippen LogP contribution in [0, 0.1) is 0 Å². The Kier molecular flexibility index (Phi) is 3.08. The van der Waals surface area contributed by atoms with Gasteiger partial charge >= 0.3 is 0 Å². The zero-order chi connectivity index (χ0) is 9.14. The maximum Gasteiger partial charge on any atom is 0.233 e. The Labute approximate surface area is 79.2 Å². The molecule has 2 amide bonds. The summed E-state index contributed by atoms with van der Waals surface area (Å²) in [5, 5.41) is 5.38. The maximum atomic E-state index is 11.1. The van der Waals surface area contributed by atoms with E-state index in [0.29, 0.717) is 13.0 Å². The molecule has 1 fully saturated rings. The van der Waals surface area contributed by atoms with E-state index in [4.69, 9.17) is 0 Å². The number of carbonyl (C=O) groups is 2. The van der Waals surface area contributed by atoms with Crippen LogP contribution >= 0.6 is 15.9 Å². The average molecular weight is 235 g/mol. The molecule has 4 nitrogen and oxygen atoms in total. The average Bonchev–Trinajstić information content (AvgIpc) is 2.35. The Morgan fingerprint density at radius 3 is 2.92 bits per heavy atom. The molecule has 68 valence electrons. The van der Waals surface area contributed by atoms with Crippen LogP contribution in [0.25, 0.3) is 0 Å². The summed E-state index contributed by atoms with van der Waals surface area (Å²) in [5.74, 6) is -0.0703. The quantitative estimate of drug-likeness (QED) is 0.650. The van der Waals surface area contributed by atoms with Crippen molar-refractivity contribution in [3.05, 3.63) is 0 Å². The van der Waals surface area contributed by atoms with Gasteiger partial charge in [0.15, 0.2) is 0 Å². The fourth-order valence-electron chi connectivity index (χ4n) is 1.02. The molecule has 0 spiro atoms. The zero-order valence-electron chi connectivity index (χ0n) is 6.76. The zero-order valence-corrected chi connectivity index (χ0v) is 8.35. The monoisotopic (exact) mass is 234 g/mol. The summed E-state index contributed by atoms with van der Waals surface area (Å²) in [5.41, 5.74) is 0. The molecule has 1 aliphatic heterocycles. The fraction of sp³-hybridized carbons (Fsp3) is 0.714. The van der Waals surface area contributed by atoms with Crippen LogP contribution in [0.3, 0.4) is 0 Å². The molecule has 1 saturated heterocycles. The number of amides is 2. The third-order valence-electron chi connectivity index (χ3n) is 1.69. The molecule has 2 unspecified atom stereocenters. The van der Waals surface area contributed by atoms with Gasteiger partial charge in [-0.2, -0.15) is 0 Å². The van der Waals surface area contributed by atoms with Crippen molar-refractivity contribution in [3.8, 4) is 0 Å². The van der Waals surface area contributed by atoms with Crippen LogP contribution in [0.5, 0.6) is 0 Å². The first-order valence-electron chi connectivity index (χ1n) is 3.80. The molecule has 0 bridgehead atoms. The molecular weight excluding hydrogens is 224 g/mol. The lowest BCUT2D eigenvalue weighted by molar-refractivity contribution is -0.120. The highest BCUT2D eigenvalue weighted by atomic mass is 79.9. The molecule has 0 aliphatic carbocycles. The molecule has 0 aromatic heterocycles. The van der Waals surface area contributed by atoms with Gasteiger partial charge in [-0.3, -0.25) is 9.59 Å². The minimum atomic E-state index is -0.201. The summed E-state index contributed by atoms with van der Waals surface area (Å²) in [6, 6.07) is -0.0370. The van der Waals surface area contributed by atoms with Crippen molar-refractivity contribution < 1.29 is 9.59 Å². The molecule has 0 aromatic carbocycles. The van der Waals surface area contributed by atoms with Gasteiger partial charge in [0.2, 0.25) is 11.8 Å². The van der Waals surface area contributed by atoms with E-state index in [-0.39, 0.29) is 22.7 Å². The van der Waals surface area contributed by atoms with E-state index >= 15 is 0 Å². The molecule has 5 heteroatoms. The molecule has 1 rings (SSSR count). The van der Waals surface area contributed by atoms with Gasteiger partial charge in [0.1, 0.15) is 0 Å². The minimum Gasteiger partial charge on any atom is -0.354 e. The molecule has 2 atom stereocenters. The summed E-state index contributed by atoms with van der Waals surface area (Å²) in [4.78, 5) is 21.6. The number of rotatable bonds is 2. The Hall–Kier alpha value is -0.580. The van der Waals surface area contributed by atoms with Crippen molar-refractivity contribution >= 4 is 27.7 Å². The number of nitrogens with one attached hydrogen (secondary N) is 2. The Bertz CT molecular complexity index is 206. The predicted octanol–water partition coefficient (Wildman–Crippen LogP) is -0.225. The summed E-state index contributed by atoms with van der Waals surface area (Å²) < 4.78 is 0. The van der Waals surface area contributed by atoms with Gasteiger partial charge in [-0.15, -0.1) is 0 Å². The van der Waals surface area contributed by atoms with E-state index in [2.05, 4.69) is 26.6 Å². The van der Waals surface area contributed by atoms with E-state index in [1.165, 1.54) is 0 Å². The lowest BCUT2D eigenvalue weighted by Gasteiger charge is -2.11. The summed E-state index contributed by atoms with van der Waals surface area (Å²) in [6.45, 7) is 2.30. The predicted molar refractivity (Wildman–Crippen MR) is 47.9 cm³/mol. The first-order chi connectivity index (χ1) is 5.59. The number of alkyl halides is 1. The molecule has 1 aliphatic rings. The Morgan fingerprint density at radius 1 is 1.83 bits per heavy atom. The topological polar surface area (TPSA) is 58.2 Å². The van der Waals surface area contributed by atoms with Crippen LogP contribution < -0.4 is 10.6 Å². The highest BCUT2D eigenvalue weighted by Gasteiger charge is 2.23. The standard InChI is InChI=1S/C7H11BrN2O2/c1-4(8)7(12)10-5-2-6(11)9-3-5/h4-5H,2-3H2,1H3,(H,9,11)(H,10,12). The largest absolute Gasteiger partial charge is 0.354 e. The maximum absolute atomic E-state index is 11.1. The molecule has 12 heavy (non-hydrogen) atoms. The summed E-state index contributed by atoms with van der Waals surface area (Å²) in [6.07, 6.45) is 0.394. The van der Waals surface area contributed by atoms with Gasteiger partial charge in [0, 0.05) is 13.0 Å². The molecule has 0 radical (unpaired) electrons. The molecule has 0 saturated carbocycles. The number of halogens is 1. The SMILES string of the molecule is CC(Br)C(=O)NC1CNC(=O)C1. The van der Waals surface area contributed by atoms with Gasteiger partial charge in [-0.1, -0.05) is 15.9 Å². The lowest BCUT2D eigenvalue weighted by Crippen LogP contribution is -2.39. The second kappa shape index (κ2) is 3.89. The van der Waals surface area contributed by atoms with Gasteiger partial charge in [-0.25, -0.2) is 0 Å². The third kappa shape index (κ3) is 2.48.